The summed E-state index contributed by atoms with van der Waals surface area (Å²) in [6.45, 7) is -0.310. The standard InChI is InChI=1S/C11H11F3O5/c1-17-6-9(10(15)16)18-7-4-2-3-5-8(7)19-11(12,13)14/h2-5,9H,6H2,1H3,(H,15,16). The van der Waals surface area contributed by atoms with Crippen LogP contribution < -0.4 is 9.47 Å². The largest absolute Gasteiger partial charge is 0.573 e. The molecular weight excluding hydrogens is 269 g/mol. The predicted molar refractivity (Wildman–Crippen MR) is 57.1 cm³/mol. The van der Waals surface area contributed by atoms with Gasteiger partial charge in [0.15, 0.2) is 11.5 Å². The van der Waals surface area contributed by atoms with Gasteiger partial charge in [-0.2, -0.15) is 0 Å². The zero-order chi connectivity index (χ0) is 14.5. The van der Waals surface area contributed by atoms with Gasteiger partial charge in [0.25, 0.3) is 0 Å². The number of hydrogen-bond acceptors (Lipinski definition) is 4. The summed E-state index contributed by atoms with van der Waals surface area (Å²) in [5.74, 6) is -2.30. The molecule has 0 spiro atoms. The number of carboxylic acids is 1. The summed E-state index contributed by atoms with van der Waals surface area (Å²) in [5.41, 5.74) is 0. The van der Waals surface area contributed by atoms with Crippen LogP contribution in [0.15, 0.2) is 24.3 Å². The number of carboxylic acid groups (broad SMARTS) is 1. The van der Waals surface area contributed by atoms with Crippen molar-refractivity contribution in [1.29, 1.82) is 0 Å². The van der Waals surface area contributed by atoms with Crippen LogP contribution in [-0.2, 0) is 9.53 Å². The van der Waals surface area contributed by atoms with Crippen LogP contribution in [0, 0.1) is 0 Å². The molecule has 0 saturated carbocycles. The molecule has 0 aromatic heterocycles. The molecule has 1 unspecified atom stereocenters. The molecule has 106 valence electrons. The topological polar surface area (TPSA) is 65.0 Å². The van der Waals surface area contributed by atoms with Gasteiger partial charge in [0.05, 0.1) is 6.61 Å². The van der Waals surface area contributed by atoms with E-state index in [2.05, 4.69) is 9.47 Å². The first-order valence-corrected chi connectivity index (χ1v) is 5.06. The minimum Gasteiger partial charge on any atom is -0.478 e. The summed E-state index contributed by atoms with van der Waals surface area (Å²) in [7, 11) is 1.25. The molecule has 0 heterocycles. The highest BCUT2D eigenvalue weighted by atomic mass is 19.4. The first kappa shape index (κ1) is 15.1. The highest BCUT2D eigenvalue weighted by molar-refractivity contribution is 5.73. The van der Waals surface area contributed by atoms with Gasteiger partial charge in [0.2, 0.25) is 6.10 Å². The van der Waals surface area contributed by atoms with E-state index in [1.807, 2.05) is 0 Å². The number of ether oxygens (including phenoxy) is 3. The van der Waals surface area contributed by atoms with Crippen LogP contribution in [0.1, 0.15) is 0 Å². The number of hydrogen-bond donors (Lipinski definition) is 1. The maximum absolute atomic E-state index is 12.1. The van der Waals surface area contributed by atoms with Crippen molar-refractivity contribution < 1.29 is 37.3 Å². The molecule has 1 aromatic rings. The number of aliphatic carboxylic acids is 1. The molecule has 1 atom stereocenters. The van der Waals surface area contributed by atoms with Gasteiger partial charge in [-0.05, 0) is 12.1 Å². The minimum atomic E-state index is -4.89. The van der Waals surface area contributed by atoms with Crippen molar-refractivity contribution in [2.45, 2.75) is 12.5 Å². The highest BCUT2D eigenvalue weighted by Gasteiger charge is 2.33. The summed E-state index contributed by atoms with van der Waals surface area (Å²) in [5, 5.41) is 8.82. The SMILES string of the molecule is COCC(Oc1ccccc1OC(F)(F)F)C(=O)O. The molecule has 19 heavy (non-hydrogen) atoms. The fourth-order valence-corrected chi connectivity index (χ4v) is 1.22. The Morgan fingerprint density at radius 3 is 2.37 bits per heavy atom. The molecule has 0 radical (unpaired) electrons. The highest BCUT2D eigenvalue weighted by Crippen LogP contribution is 2.32. The molecule has 0 saturated heterocycles. The molecule has 0 aliphatic rings. The molecule has 1 rings (SSSR count). The predicted octanol–water partition coefficient (Wildman–Crippen LogP) is 2.06. The smallest absolute Gasteiger partial charge is 0.478 e. The Hall–Kier alpha value is -1.96. The molecule has 0 amide bonds. The van der Waals surface area contributed by atoms with Crippen molar-refractivity contribution in [3.63, 3.8) is 0 Å². The van der Waals surface area contributed by atoms with E-state index in [-0.39, 0.29) is 12.4 Å². The fourth-order valence-electron chi connectivity index (χ4n) is 1.22. The Morgan fingerprint density at radius 1 is 1.32 bits per heavy atom. The lowest BCUT2D eigenvalue weighted by molar-refractivity contribution is -0.275. The monoisotopic (exact) mass is 280 g/mol. The quantitative estimate of drug-likeness (QED) is 0.864. The van der Waals surface area contributed by atoms with Crippen molar-refractivity contribution >= 4 is 5.97 Å². The zero-order valence-corrected chi connectivity index (χ0v) is 9.81. The lowest BCUT2D eigenvalue weighted by Crippen LogP contribution is -2.32. The molecule has 0 aliphatic carbocycles. The first-order valence-electron chi connectivity index (χ1n) is 5.06. The normalized spacial score (nSPS) is 12.8. The maximum Gasteiger partial charge on any atom is 0.573 e. The lowest BCUT2D eigenvalue weighted by atomic mass is 10.3. The van der Waals surface area contributed by atoms with Gasteiger partial charge in [-0.1, -0.05) is 12.1 Å². The van der Waals surface area contributed by atoms with E-state index in [4.69, 9.17) is 9.84 Å². The van der Waals surface area contributed by atoms with Crippen molar-refractivity contribution in [3.8, 4) is 11.5 Å². The molecule has 8 heteroatoms. The maximum atomic E-state index is 12.1. The van der Waals surface area contributed by atoms with Crippen molar-refractivity contribution in [2.75, 3.05) is 13.7 Å². The first-order chi connectivity index (χ1) is 8.83. The van der Waals surface area contributed by atoms with Gasteiger partial charge in [-0.3, -0.25) is 0 Å². The number of methoxy groups -OCH3 is 1. The third kappa shape index (κ3) is 5.04. The molecule has 0 aliphatic heterocycles. The lowest BCUT2D eigenvalue weighted by Gasteiger charge is -2.17. The second-order valence-corrected chi connectivity index (χ2v) is 3.39. The number of halogens is 3. The van der Waals surface area contributed by atoms with E-state index in [0.717, 1.165) is 6.07 Å². The third-order valence-corrected chi connectivity index (χ3v) is 1.94. The Kier molecular flexibility index (Phi) is 4.99. The van der Waals surface area contributed by atoms with Gasteiger partial charge in [0.1, 0.15) is 0 Å². The van der Waals surface area contributed by atoms with E-state index in [1.54, 1.807) is 0 Å². The molecule has 5 nitrogen and oxygen atoms in total. The van der Waals surface area contributed by atoms with Crippen LogP contribution in [0.5, 0.6) is 11.5 Å². The van der Waals surface area contributed by atoms with E-state index >= 15 is 0 Å². The van der Waals surface area contributed by atoms with Crippen molar-refractivity contribution in [2.24, 2.45) is 0 Å². The van der Waals surface area contributed by atoms with Crippen LogP contribution in [0.4, 0.5) is 13.2 Å². The van der Waals surface area contributed by atoms with Gasteiger partial charge in [0, 0.05) is 7.11 Å². The summed E-state index contributed by atoms with van der Waals surface area (Å²) in [6.07, 6.45) is -6.32. The molecule has 0 fully saturated rings. The van der Waals surface area contributed by atoms with Crippen molar-refractivity contribution in [3.05, 3.63) is 24.3 Å². The average Bonchev–Trinajstić information content (AvgIpc) is 2.28. The fraction of sp³-hybridized carbons (Fsp3) is 0.364. The number of rotatable bonds is 6. The van der Waals surface area contributed by atoms with Gasteiger partial charge >= 0.3 is 12.3 Å². The van der Waals surface area contributed by atoms with E-state index < -0.39 is 24.2 Å². The van der Waals surface area contributed by atoms with Gasteiger partial charge in [-0.25, -0.2) is 4.79 Å². The summed E-state index contributed by atoms with van der Waals surface area (Å²) >= 11 is 0. The van der Waals surface area contributed by atoms with E-state index in [9.17, 15) is 18.0 Å². The molecule has 1 aromatic carbocycles. The Balaban J connectivity index is 2.90. The third-order valence-electron chi connectivity index (χ3n) is 1.94. The second kappa shape index (κ2) is 6.28. The van der Waals surface area contributed by atoms with Gasteiger partial charge in [-0.15, -0.1) is 13.2 Å². The molecule has 1 N–H and O–H groups in total. The minimum absolute atomic E-state index is 0.310. The molecule has 0 bridgehead atoms. The number of benzene rings is 1. The Bertz CT molecular complexity index is 433. The average molecular weight is 280 g/mol. The summed E-state index contributed by atoms with van der Waals surface area (Å²) in [4.78, 5) is 10.8. The van der Waals surface area contributed by atoms with Crippen LogP contribution in [0.2, 0.25) is 0 Å². The number of para-hydroxylation sites is 2. The zero-order valence-electron chi connectivity index (χ0n) is 9.81. The van der Waals surface area contributed by atoms with Crippen LogP contribution in [0.25, 0.3) is 0 Å². The van der Waals surface area contributed by atoms with Crippen LogP contribution >= 0.6 is 0 Å². The second-order valence-electron chi connectivity index (χ2n) is 3.39. The number of carbonyl (C=O) groups is 1. The summed E-state index contributed by atoms with van der Waals surface area (Å²) in [6, 6.07) is 4.89. The van der Waals surface area contributed by atoms with Crippen LogP contribution in [0.3, 0.4) is 0 Å². The van der Waals surface area contributed by atoms with Crippen LogP contribution in [-0.4, -0.2) is 37.3 Å². The van der Waals surface area contributed by atoms with Crippen molar-refractivity contribution in [1.82, 2.24) is 0 Å². The van der Waals surface area contributed by atoms with E-state index in [1.165, 1.54) is 25.3 Å². The molecular formula is C11H11F3O5. The Morgan fingerprint density at radius 2 is 1.89 bits per heavy atom. The Labute approximate surface area is 106 Å². The van der Waals surface area contributed by atoms with Gasteiger partial charge < -0.3 is 19.3 Å². The van der Waals surface area contributed by atoms with E-state index in [0.29, 0.717) is 0 Å². The summed E-state index contributed by atoms with van der Waals surface area (Å²) < 4.78 is 49.7. The number of alkyl halides is 3.